The van der Waals surface area contributed by atoms with E-state index in [1.165, 1.54) is 29.1 Å². The first kappa shape index (κ1) is 20.8. The fraction of sp³-hybridized carbons (Fsp3) is 0.217. The minimum atomic E-state index is -0.749. The van der Waals surface area contributed by atoms with Gasteiger partial charge in [-0.15, -0.1) is 0 Å². The van der Waals surface area contributed by atoms with Crippen LogP contribution < -0.4 is 16.4 Å². The second-order valence-corrected chi connectivity index (χ2v) is 7.87. The molecule has 4 aromatic rings. The maximum atomic E-state index is 14.2. The molecule has 0 radical (unpaired) electrons. The smallest absolute Gasteiger partial charge is 0.255 e. The number of amides is 1. The Kier molecular flexibility index (Phi) is 5.33. The zero-order valence-corrected chi connectivity index (χ0v) is 17.6. The van der Waals surface area contributed by atoms with E-state index in [0.717, 1.165) is 43.0 Å². The summed E-state index contributed by atoms with van der Waals surface area (Å²) in [6, 6.07) is 8.68. The lowest BCUT2D eigenvalue weighted by molar-refractivity contribution is 0.100. The maximum absolute atomic E-state index is 14.2. The number of hydrogen-bond donors (Lipinski definition) is 3. The number of benzene rings is 2. The van der Waals surface area contributed by atoms with E-state index in [1.54, 1.807) is 6.07 Å². The fourth-order valence-electron chi connectivity index (χ4n) is 4.02. The van der Waals surface area contributed by atoms with E-state index >= 15 is 0 Å². The normalized spacial score (nSPS) is 13.3. The van der Waals surface area contributed by atoms with Gasteiger partial charge in [0.25, 0.3) is 5.95 Å². The number of fused-ring (bicyclic) bond motifs is 2. The van der Waals surface area contributed by atoms with E-state index in [-0.39, 0.29) is 17.3 Å². The zero-order valence-electron chi connectivity index (χ0n) is 17.6. The van der Waals surface area contributed by atoms with Gasteiger partial charge in [0.1, 0.15) is 23.3 Å². The molecular weight excluding hydrogens is 428 g/mol. The first-order valence-corrected chi connectivity index (χ1v) is 10.6. The van der Waals surface area contributed by atoms with E-state index in [1.807, 2.05) is 6.07 Å². The minimum Gasteiger partial charge on any atom is -0.370 e. The SMILES string of the molecule is NC(=O)c1cc(F)cc2c1cnn2-c1nc2c(c(NCc3cccc(F)c3)n1)CCCCN2. The Bertz CT molecular complexity index is 1370. The number of rotatable bonds is 5. The Morgan fingerprint density at radius 2 is 2.03 bits per heavy atom. The van der Waals surface area contributed by atoms with Gasteiger partial charge in [0, 0.05) is 30.1 Å². The molecule has 0 unspecified atom stereocenters. The van der Waals surface area contributed by atoms with Crippen LogP contribution in [0, 0.1) is 11.6 Å². The van der Waals surface area contributed by atoms with Crippen molar-refractivity contribution in [3.63, 3.8) is 0 Å². The third-order valence-corrected chi connectivity index (χ3v) is 5.60. The molecule has 0 saturated heterocycles. The Labute approximate surface area is 187 Å². The number of nitrogens with two attached hydrogens (primary N) is 1. The Hall–Kier alpha value is -4.08. The molecule has 4 N–H and O–H groups in total. The van der Waals surface area contributed by atoms with Crippen molar-refractivity contribution in [2.24, 2.45) is 5.73 Å². The molecular formula is C23H21F2N7O. The minimum absolute atomic E-state index is 0.0357. The van der Waals surface area contributed by atoms with Gasteiger partial charge in [-0.1, -0.05) is 12.1 Å². The van der Waals surface area contributed by atoms with Crippen LogP contribution in [0.2, 0.25) is 0 Å². The molecule has 1 aliphatic heterocycles. The van der Waals surface area contributed by atoms with Crippen molar-refractivity contribution in [2.45, 2.75) is 25.8 Å². The molecule has 2 aromatic heterocycles. The lowest BCUT2D eigenvalue weighted by Gasteiger charge is -2.15. The van der Waals surface area contributed by atoms with Gasteiger partial charge < -0.3 is 16.4 Å². The van der Waals surface area contributed by atoms with Crippen LogP contribution in [0.25, 0.3) is 16.9 Å². The third kappa shape index (κ3) is 4.07. The molecule has 1 amide bonds. The summed E-state index contributed by atoms with van der Waals surface area (Å²) < 4.78 is 29.2. The van der Waals surface area contributed by atoms with Crippen molar-refractivity contribution in [2.75, 3.05) is 17.2 Å². The van der Waals surface area contributed by atoms with Crippen LogP contribution >= 0.6 is 0 Å². The summed E-state index contributed by atoms with van der Waals surface area (Å²) >= 11 is 0. The summed E-state index contributed by atoms with van der Waals surface area (Å²) in [6.07, 6.45) is 4.16. The first-order valence-electron chi connectivity index (χ1n) is 10.6. The fourth-order valence-corrected chi connectivity index (χ4v) is 4.02. The summed E-state index contributed by atoms with van der Waals surface area (Å²) in [6.45, 7) is 1.12. The number of aromatic nitrogens is 4. The second kappa shape index (κ2) is 8.45. The molecule has 10 heteroatoms. The van der Waals surface area contributed by atoms with Gasteiger partial charge in [0.2, 0.25) is 5.91 Å². The van der Waals surface area contributed by atoms with E-state index < -0.39 is 11.7 Å². The highest BCUT2D eigenvalue weighted by Crippen LogP contribution is 2.29. The van der Waals surface area contributed by atoms with E-state index in [4.69, 9.17) is 5.73 Å². The molecule has 0 bridgehead atoms. The van der Waals surface area contributed by atoms with Crippen molar-refractivity contribution in [1.29, 1.82) is 0 Å². The van der Waals surface area contributed by atoms with Crippen LogP contribution in [0.5, 0.6) is 0 Å². The van der Waals surface area contributed by atoms with Crippen molar-refractivity contribution < 1.29 is 13.6 Å². The standard InChI is InChI=1S/C23H21F2N7O/c24-14-5-3-4-13(8-14)11-28-22-16-6-1-2-7-27-21(16)30-23(31-22)32-19-10-15(25)9-17(20(26)33)18(19)12-29-32/h3-5,8-10,12H,1-2,6-7,11H2,(H2,26,33)(H2,27,28,30,31). The summed E-state index contributed by atoms with van der Waals surface area (Å²) in [7, 11) is 0. The summed E-state index contributed by atoms with van der Waals surface area (Å²) in [5, 5.41) is 11.3. The number of nitrogens with one attached hydrogen (secondary N) is 2. The third-order valence-electron chi connectivity index (χ3n) is 5.60. The van der Waals surface area contributed by atoms with Gasteiger partial charge in [0.05, 0.1) is 17.3 Å². The number of halogens is 2. The van der Waals surface area contributed by atoms with Gasteiger partial charge >= 0.3 is 0 Å². The quantitative estimate of drug-likeness (QED) is 0.430. The van der Waals surface area contributed by atoms with Crippen LogP contribution in [0.1, 0.15) is 34.3 Å². The molecule has 0 fully saturated rings. The van der Waals surface area contributed by atoms with Crippen molar-refractivity contribution in [1.82, 2.24) is 19.7 Å². The molecule has 33 heavy (non-hydrogen) atoms. The van der Waals surface area contributed by atoms with Crippen LogP contribution in [0.15, 0.2) is 42.6 Å². The van der Waals surface area contributed by atoms with Gasteiger partial charge in [0.15, 0.2) is 0 Å². The Balaban J connectivity index is 1.60. The van der Waals surface area contributed by atoms with Crippen LogP contribution in [0.4, 0.5) is 20.4 Å². The average Bonchev–Trinajstić information content (AvgIpc) is 3.06. The highest BCUT2D eigenvalue weighted by Gasteiger charge is 2.20. The first-order chi connectivity index (χ1) is 16.0. The Morgan fingerprint density at radius 3 is 2.85 bits per heavy atom. The lowest BCUT2D eigenvalue weighted by Crippen LogP contribution is -2.14. The largest absolute Gasteiger partial charge is 0.370 e. The average molecular weight is 449 g/mol. The monoisotopic (exact) mass is 449 g/mol. The molecule has 0 spiro atoms. The van der Waals surface area contributed by atoms with E-state index in [9.17, 15) is 13.6 Å². The predicted molar refractivity (Wildman–Crippen MR) is 120 cm³/mol. The van der Waals surface area contributed by atoms with E-state index in [0.29, 0.717) is 29.1 Å². The van der Waals surface area contributed by atoms with Crippen LogP contribution in [-0.4, -0.2) is 32.2 Å². The van der Waals surface area contributed by atoms with Crippen molar-refractivity contribution in [3.8, 4) is 5.95 Å². The maximum Gasteiger partial charge on any atom is 0.255 e. The van der Waals surface area contributed by atoms with Crippen molar-refractivity contribution in [3.05, 3.63) is 70.9 Å². The highest BCUT2D eigenvalue weighted by atomic mass is 19.1. The molecule has 8 nitrogen and oxygen atoms in total. The Morgan fingerprint density at radius 1 is 1.15 bits per heavy atom. The summed E-state index contributed by atoms with van der Waals surface area (Å²) in [5.41, 5.74) is 7.47. The zero-order chi connectivity index (χ0) is 22.9. The predicted octanol–water partition coefficient (Wildman–Crippen LogP) is 3.55. The number of carbonyl (C=O) groups excluding carboxylic acids is 1. The molecule has 1 aliphatic rings. The molecule has 168 valence electrons. The van der Waals surface area contributed by atoms with Gasteiger partial charge in [-0.3, -0.25) is 4.79 Å². The second-order valence-electron chi connectivity index (χ2n) is 7.87. The number of nitrogens with zero attached hydrogens (tertiary/aromatic N) is 4. The number of primary amides is 1. The van der Waals surface area contributed by atoms with Crippen molar-refractivity contribution >= 4 is 28.4 Å². The molecule has 0 aliphatic carbocycles. The van der Waals surface area contributed by atoms with Gasteiger partial charge in [-0.25, -0.2) is 8.78 Å². The molecule has 2 aromatic carbocycles. The molecule has 3 heterocycles. The molecule has 5 rings (SSSR count). The number of carbonyl (C=O) groups is 1. The molecule has 0 atom stereocenters. The van der Waals surface area contributed by atoms with Gasteiger partial charge in [-0.05, 0) is 43.0 Å². The highest BCUT2D eigenvalue weighted by molar-refractivity contribution is 6.05. The topological polar surface area (TPSA) is 111 Å². The number of anilines is 2. The van der Waals surface area contributed by atoms with Gasteiger partial charge in [-0.2, -0.15) is 19.7 Å². The summed E-state index contributed by atoms with van der Waals surface area (Å²) in [5.74, 6) is -0.218. The number of hydrogen-bond acceptors (Lipinski definition) is 6. The molecule has 0 saturated carbocycles. The van der Waals surface area contributed by atoms with Crippen LogP contribution in [0.3, 0.4) is 0 Å². The lowest BCUT2D eigenvalue weighted by atomic mass is 10.1. The van der Waals surface area contributed by atoms with E-state index in [2.05, 4.69) is 25.7 Å². The van der Waals surface area contributed by atoms with Crippen LogP contribution in [-0.2, 0) is 13.0 Å². The summed E-state index contributed by atoms with van der Waals surface area (Å²) in [4.78, 5) is 21.1.